The zero-order valence-corrected chi connectivity index (χ0v) is 13.0. The lowest BCUT2D eigenvalue weighted by Gasteiger charge is -2.33. The number of aromatic nitrogens is 2. The molecule has 1 aliphatic heterocycles. The molecule has 0 unspecified atom stereocenters. The molecule has 3 rings (SSSR count). The number of hydrogen-bond donors (Lipinski definition) is 1. The highest BCUT2D eigenvalue weighted by molar-refractivity contribution is 5.70. The van der Waals surface area contributed by atoms with Gasteiger partial charge in [0.05, 0.1) is 12.8 Å². The Morgan fingerprint density at radius 3 is 2.55 bits per heavy atom. The summed E-state index contributed by atoms with van der Waals surface area (Å²) in [6.07, 6.45) is 0. The molecule has 1 aliphatic rings. The Morgan fingerprint density at radius 1 is 1.09 bits per heavy atom. The van der Waals surface area contributed by atoms with Crippen LogP contribution in [0.15, 0.2) is 30.3 Å². The number of piperazine rings is 1. The predicted molar refractivity (Wildman–Crippen MR) is 88.1 cm³/mol. The molecule has 1 fully saturated rings. The van der Waals surface area contributed by atoms with E-state index in [1.165, 1.54) is 0 Å². The molecule has 1 saturated heterocycles. The molecule has 0 aliphatic carbocycles. The van der Waals surface area contributed by atoms with Gasteiger partial charge in [0.15, 0.2) is 0 Å². The van der Waals surface area contributed by atoms with E-state index in [-0.39, 0.29) is 5.95 Å². The second kappa shape index (κ2) is 6.19. The summed E-state index contributed by atoms with van der Waals surface area (Å²) in [5.74, 6) is 1.95. The lowest BCUT2D eigenvalue weighted by molar-refractivity contribution is 0.312. The van der Waals surface area contributed by atoms with Gasteiger partial charge in [-0.2, -0.15) is 4.98 Å². The van der Waals surface area contributed by atoms with Crippen LogP contribution in [0.3, 0.4) is 0 Å². The van der Waals surface area contributed by atoms with Crippen LogP contribution in [0.5, 0.6) is 5.75 Å². The molecule has 2 heterocycles. The standard InChI is InChI=1S/C16H21N5O/c1-20-7-9-21(10-8-20)15-11-13(18-16(17)19-15)12-5-3-4-6-14(12)22-2/h3-6,11H,7-10H2,1-2H3,(H2,17,18,19). The zero-order chi connectivity index (χ0) is 15.5. The minimum atomic E-state index is 0.289. The first-order chi connectivity index (χ1) is 10.7. The quantitative estimate of drug-likeness (QED) is 0.926. The topological polar surface area (TPSA) is 67.5 Å². The van der Waals surface area contributed by atoms with Gasteiger partial charge in [0, 0.05) is 37.8 Å². The van der Waals surface area contributed by atoms with Gasteiger partial charge in [0.1, 0.15) is 11.6 Å². The molecule has 6 nitrogen and oxygen atoms in total. The summed E-state index contributed by atoms with van der Waals surface area (Å²) in [6, 6.07) is 9.79. The van der Waals surface area contributed by atoms with E-state index in [9.17, 15) is 0 Å². The molecule has 0 amide bonds. The number of methoxy groups -OCH3 is 1. The van der Waals surface area contributed by atoms with Crippen molar-refractivity contribution in [2.24, 2.45) is 0 Å². The Bertz CT molecular complexity index is 653. The Labute approximate surface area is 130 Å². The van der Waals surface area contributed by atoms with Gasteiger partial charge < -0.3 is 20.3 Å². The molecule has 0 atom stereocenters. The fourth-order valence-electron chi connectivity index (χ4n) is 2.64. The maximum absolute atomic E-state index is 5.92. The molecule has 0 bridgehead atoms. The molecule has 6 heteroatoms. The van der Waals surface area contributed by atoms with Crippen molar-refractivity contribution in [1.82, 2.24) is 14.9 Å². The zero-order valence-electron chi connectivity index (χ0n) is 13.0. The number of hydrogen-bond acceptors (Lipinski definition) is 6. The van der Waals surface area contributed by atoms with Crippen LogP contribution in [0.4, 0.5) is 11.8 Å². The monoisotopic (exact) mass is 299 g/mol. The number of benzene rings is 1. The smallest absolute Gasteiger partial charge is 0.222 e. The van der Waals surface area contributed by atoms with E-state index in [4.69, 9.17) is 10.5 Å². The van der Waals surface area contributed by atoms with Crippen molar-refractivity contribution in [3.8, 4) is 17.0 Å². The summed E-state index contributed by atoms with van der Waals surface area (Å²) in [5.41, 5.74) is 7.64. The molecule has 0 radical (unpaired) electrons. The second-order valence-corrected chi connectivity index (χ2v) is 5.46. The number of anilines is 2. The second-order valence-electron chi connectivity index (χ2n) is 5.46. The summed E-state index contributed by atoms with van der Waals surface area (Å²) < 4.78 is 5.42. The van der Waals surface area contributed by atoms with Crippen molar-refractivity contribution in [2.45, 2.75) is 0 Å². The highest BCUT2D eigenvalue weighted by atomic mass is 16.5. The maximum Gasteiger partial charge on any atom is 0.222 e. The first-order valence-corrected chi connectivity index (χ1v) is 7.39. The number of nitrogen functional groups attached to an aromatic ring is 1. The van der Waals surface area contributed by atoms with E-state index in [1.54, 1.807) is 7.11 Å². The molecule has 0 spiro atoms. The van der Waals surface area contributed by atoms with Crippen LogP contribution in [-0.2, 0) is 0 Å². The van der Waals surface area contributed by atoms with Crippen LogP contribution in [0, 0.1) is 0 Å². The summed E-state index contributed by atoms with van der Waals surface area (Å²) in [4.78, 5) is 13.3. The number of nitrogens with two attached hydrogens (primary N) is 1. The Balaban J connectivity index is 1.96. The largest absolute Gasteiger partial charge is 0.496 e. The molecule has 2 N–H and O–H groups in total. The Hall–Kier alpha value is -2.34. The molecule has 116 valence electrons. The average molecular weight is 299 g/mol. The van der Waals surface area contributed by atoms with Crippen LogP contribution < -0.4 is 15.4 Å². The van der Waals surface area contributed by atoms with E-state index in [1.807, 2.05) is 30.3 Å². The SMILES string of the molecule is COc1ccccc1-c1cc(N2CCN(C)CC2)nc(N)n1. The third-order valence-corrected chi connectivity index (χ3v) is 3.94. The van der Waals surface area contributed by atoms with E-state index < -0.39 is 0 Å². The van der Waals surface area contributed by atoms with Crippen molar-refractivity contribution in [3.05, 3.63) is 30.3 Å². The minimum absolute atomic E-state index is 0.289. The van der Waals surface area contributed by atoms with Gasteiger partial charge in [-0.3, -0.25) is 0 Å². The average Bonchev–Trinajstić information content (AvgIpc) is 2.55. The normalized spacial score (nSPS) is 15.8. The van der Waals surface area contributed by atoms with Gasteiger partial charge in [-0.1, -0.05) is 12.1 Å². The first kappa shape index (κ1) is 14.6. The summed E-state index contributed by atoms with van der Waals surface area (Å²) in [6.45, 7) is 3.93. The molecular weight excluding hydrogens is 278 g/mol. The van der Waals surface area contributed by atoms with Crippen LogP contribution >= 0.6 is 0 Å². The van der Waals surface area contributed by atoms with Gasteiger partial charge >= 0.3 is 0 Å². The summed E-state index contributed by atoms with van der Waals surface area (Å²) in [7, 11) is 3.79. The molecule has 2 aromatic rings. The number of para-hydroxylation sites is 1. The van der Waals surface area contributed by atoms with Crippen molar-refractivity contribution < 1.29 is 4.74 Å². The van der Waals surface area contributed by atoms with Crippen molar-refractivity contribution in [2.75, 3.05) is 51.0 Å². The van der Waals surface area contributed by atoms with Crippen LogP contribution in [0.1, 0.15) is 0 Å². The fraction of sp³-hybridized carbons (Fsp3) is 0.375. The fourth-order valence-corrected chi connectivity index (χ4v) is 2.64. The van der Waals surface area contributed by atoms with Crippen molar-refractivity contribution in [1.29, 1.82) is 0 Å². The highest BCUT2D eigenvalue weighted by Gasteiger charge is 2.18. The van der Waals surface area contributed by atoms with E-state index in [0.717, 1.165) is 49.0 Å². The van der Waals surface area contributed by atoms with Gasteiger partial charge in [-0.25, -0.2) is 4.98 Å². The van der Waals surface area contributed by atoms with Gasteiger partial charge in [0.25, 0.3) is 0 Å². The summed E-state index contributed by atoms with van der Waals surface area (Å²) in [5, 5.41) is 0. The van der Waals surface area contributed by atoms with Crippen LogP contribution in [0.25, 0.3) is 11.3 Å². The lowest BCUT2D eigenvalue weighted by atomic mass is 10.1. The van der Waals surface area contributed by atoms with Gasteiger partial charge in [-0.05, 0) is 19.2 Å². The minimum Gasteiger partial charge on any atom is -0.496 e. The van der Waals surface area contributed by atoms with Gasteiger partial charge in [-0.15, -0.1) is 0 Å². The maximum atomic E-state index is 5.92. The van der Waals surface area contributed by atoms with Crippen molar-refractivity contribution in [3.63, 3.8) is 0 Å². The third-order valence-electron chi connectivity index (χ3n) is 3.94. The number of nitrogens with zero attached hydrogens (tertiary/aromatic N) is 4. The van der Waals surface area contributed by atoms with Crippen LogP contribution in [0.2, 0.25) is 0 Å². The molecular formula is C16H21N5O. The van der Waals surface area contributed by atoms with Gasteiger partial charge in [0.2, 0.25) is 5.95 Å². The highest BCUT2D eigenvalue weighted by Crippen LogP contribution is 2.30. The number of rotatable bonds is 3. The van der Waals surface area contributed by atoms with Crippen molar-refractivity contribution >= 4 is 11.8 Å². The number of likely N-dealkylation sites (N-methyl/N-ethyl adjacent to an activating group) is 1. The predicted octanol–water partition coefficient (Wildman–Crippen LogP) is 1.49. The molecule has 1 aromatic carbocycles. The number of ether oxygens (including phenoxy) is 1. The third kappa shape index (κ3) is 2.96. The van der Waals surface area contributed by atoms with E-state index in [0.29, 0.717) is 0 Å². The molecule has 0 saturated carbocycles. The first-order valence-electron chi connectivity index (χ1n) is 7.39. The van der Waals surface area contributed by atoms with E-state index in [2.05, 4.69) is 26.8 Å². The summed E-state index contributed by atoms with van der Waals surface area (Å²) >= 11 is 0. The molecule has 22 heavy (non-hydrogen) atoms. The Morgan fingerprint density at radius 2 is 1.82 bits per heavy atom. The molecule has 1 aromatic heterocycles. The lowest BCUT2D eigenvalue weighted by Crippen LogP contribution is -2.44. The van der Waals surface area contributed by atoms with E-state index >= 15 is 0 Å². The van der Waals surface area contributed by atoms with Crippen LogP contribution in [-0.4, -0.2) is 55.2 Å². The Kier molecular flexibility index (Phi) is 4.11.